The molecular weight excluding hydrogens is 508 g/mol. The van der Waals surface area contributed by atoms with Gasteiger partial charge in [0.2, 0.25) is 5.69 Å². The number of anilines is 1. The number of allylic oxidation sites excluding steroid dienone is 8. The number of benzene rings is 2. The van der Waals surface area contributed by atoms with E-state index in [-0.39, 0.29) is 16.2 Å². The highest BCUT2D eigenvalue weighted by atomic mass is 15.2. The molecule has 2 aromatic carbocycles. The van der Waals surface area contributed by atoms with Crippen LogP contribution in [0.3, 0.4) is 0 Å². The average Bonchev–Trinajstić information content (AvgIpc) is 3.29. The second-order valence-electron chi connectivity index (χ2n) is 14.6. The molecule has 0 spiro atoms. The van der Waals surface area contributed by atoms with Crippen molar-refractivity contribution in [3.63, 3.8) is 0 Å². The second kappa shape index (κ2) is 11.5. The smallest absolute Gasteiger partial charge is 0.209 e. The third-order valence-electron chi connectivity index (χ3n) is 9.66. The van der Waals surface area contributed by atoms with Crippen molar-refractivity contribution < 1.29 is 4.58 Å². The Hall–Kier alpha value is -3.13. The van der Waals surface area contributed by atoms with E-state index < -0.39 is 0 Å². The van der Waals surface area contributed by atoms with Crippen LogP contribution < -0.4 is 4.90 Å². The molecule has 0 atom stereocenters. The first kappa shape index (κ1) is 30.3. The summed E-state index contributed by atoms with van der Waals surface area (Å²) in [5.74, 6) is 0. The molecule has 1 aliphatic carbocycles. The van der Waals surface area contributed by atoms with Crippen LogP contribution >= 0.6 is 0 Å². The van der Waals surface area contributed by atoms with Crippen molar-refractivity contribution >= 4 is 17.1 Å². The van der Waals surface area contributed by atoms with Crippen LogP contribution in [0.25, 0.3) is 0 Å². The first-order chi connectivity index (χ1) is 19.9. The lowest BCUT2D eigenvalue weighted by Crippen LogP contribution is -2.28. The Balaban J connectivity index is 1.58. The molecule has 2 heteroatoms. The van der Waals surface area contributed by atoms with E-state index in [0.29, 0.717) is 0 Å². The Morgan fingerprint density at radius 1 is 0.810 bits per heavy atom. The number of fused-ring (bicyclic) bond motifs is 2. The number of rotatable bonds is 7. The molecule has 0 radical (unpaired) electrons. The Bertz CT molecular complexity index is 1500. The van der Waals surface area contributed by atoms with Gasteiger partial charge >= 0.3 is 0 Å². The summed E-state index contributed by atoms with van der Waals surface area (Å²) in [7, 11) is 0. The van der Waals surface area contributed by atoms with Gasteiger partial charge in [-0.25, -0.2) is 0 Å². The summed E-state index contributed by atoms with van der Waals surface area (Å²) in [6.45, 7) is 23.4. The Morgan fingerprint density at radius 2 is 1.50 bits per heavy atom. The monoisotopic (exact) mass is 561 g/mol. The van der Waals surface area contributed by atoms with Crippen LogP contribution in [0.4, 0.5) is 11.4 Å². The van der Waals surface area contributed by atoms with E-state index in [1.165, 1.54) is 57.1 Å². The Labute approximate surface area is 256 Å². The lowest BCUT2D eigenvalue weighted by molar-refractivity contribution is -0.437. The number of hydrogen-bond acceptors (Lipinski definition) is 1. The number of nitrogens with zero attached hydrogens (tertiary/aromatic N) is 2. The van der Waals surface area contributed by atoms with E-state index in [0.717, 1.165) is 38.8 Å². The molecule has 2 aromatic rings. The molecule has 2 heterocycles. The molecule has 0 fully saturated rings. The van der Waals surface area contributed by atoms with Gasteiger partial charge in [-0.15, -0.1) is 0 Å². The third-order valence-corrected chi connectivity index (χ3v) is 9.66. The van der Waals surface area contributed by atoms with Crippen molar-refractivity contribution in [3.05, 3.63) is 106 Å². The van der Waals surface area contributed by atoms with E-state index in [4.69, 9.17) is 0 Å². The Kier molecular flexibility index (Phi) is 8.31. The quantitative estimate of drug-likeness (QED) is 0.305. The highest BCUT2D eigenvalue weighted by molar-refractivity contribution is 6.03. The third kappa shape index (κ3) is 5.27. The summed E-state index contributed by atoms with van der Waals surface area (Å²) in [6.07, 6.45) is 15.6. The largest absolute Gasteiger partial charge is 0.344 e. The van der Waals surface area contributed by atoms with Gasteiger partial charge < -0.3 is 4.90 Å². The van der Waals surface area contributed by atoms with Crippen LogP contribution in [0.15, 0.2) is 95.3 Å². The van der Waals surface area contributed by atoms with Gasteiger partial charge in [0.05, 0.1) is 5.41 Å². The van der Waals surface area contributed by atoms with Crippen molar-refractivity contribution in [2.75, 3.05) is 18.0 Å². The molecule has 0 amide bonds. The van der Waals surface area contributed by atoms with Gasteiger partial charge in [-0.05, 0) is 79.4 Å². The summed E-state index contributed by atoms with van der Waals surface area (Å²) in [5, 5.41) is 0. The first-order valence-corrected chi connectivity index (χ1v) is 16.4. The first-order valence-electron chi connectivity index (χ1n) is 16.4. The van der Waals surface area contributed by atoms with Gasteiger partial charge in [0, 0.05) is 47.5 Å². The zero-order chi connectivity index (χ0) is 30.3. The van der Waals surface area contributed by atoms with Crippen LogP contribution in [-0.2, 0) is 10.8 Å². The van der Waals surface area contributed by atoms with Gasteiger partial charge in [0.1, 0.15) is 6.54 Å². The zero-order valence-electron chi connectivity index (χ0n) is 27.8. The lowest BCUT2D eigenvalue weighted by Gasteiger charge is -2.32. The van der Waals surface area contributed by atoms with E-state index in [1.807, 2.05) is 0 Å². The van der Waals surface area contributed by atoms with Crippen LogP contribution in [0.1, 0.15) is 106 Å². The highest BCUT2D eigenvalue weighted by Gasteiger charge is 2.44. The van der Waals surface area contributed by atoms with E-state index in [1.54, 1.807) is 0 Å². The lowest BCUT2D eigenvalue weighted by atomic mass is 9.73. The molecule has 2 nitrogen and oxygen atoms in total. The number of para-hydroxylation sites is 2. The molecule has 2 aliphatic heterocycles. The molecule has 0 saturated carbocycles. The average molecular weight is 562 g/mol. The SMILES string of the molecule is CCCN1/C(=C/C=C2\CCCC(/C=C/C3=[N+](CCC)c4ccccc4C3(C)C)=C2C(C)(C)C)C(C)(C)c2ccccc21. The normalized spacial score (nSPS) is 21.7. The van der Waals surface area contributed by atoms with Crippen molar-refractivity contribution in [1.29, 1.82) is 0 Å². The van der Waals surface area contributed by atoms with Gasteiger partial charge in [-0.1, -0.05) is 97.0 Å². The fourth-order valence-corrected chi connectivity index (χ4v) is 7.79. The molecule has 0 aromatic heterocycles. The maximum atomic E-state index is 2.56. The maximum Gasteiger partial charge on any atom is 0.209 e. The molecular formula is C40H53N2+. The van der Waals surface area contributed by atoms with E-state index in [2.05, 4.69) is 145 Å². The topological polar surface area (TPSA) is 6.25 Å². The molecule has 0 saturated heterocycles. The predicted octanol–water partition coefficient (Wildman–Crippen LogP) is 10.6. The minimum Gasteiger partial charge on any atom is -0.344 e. The van der Waals surface area contributed by atoms with Gasteiger partial charge in [-0.2, -0.15) is 4.58 Å². The van der Waals surface area contributed by atoms with Crippen LogP contribution in [0.5, 0.6) is 0 Å². The van der Waals surface area contributed by atoms with Crippen molar-refractivity contribution in [2.24, 2.45) is 5.41 Å². The molecule has 0 unspecified atom stereocenters. The summed E-state index contributed by atoms with van der Waals surface area (Å²) < 4.78 is 2.56. The van der Waals surface area contributed by atoms with Gasteiger partial charge in [0.25, 0.3) is 0 Å². The van der Waals surface area contributed by atoms with Gasteiger partial charge in [0.15, 0.2) is 5.71 Å². The molecule has 0 N–H and O–H groups in total. The van der Waals surface area contributed by atoms with Crippen molar-refractivity contribution in [1.82, 2.24) is 0 Å². The molecule has 222 valence electrons. The summed E-state index contributed by atoms with van der Waals surface area (Å²) in [6, 6.07) is 18.0. The molecule has 0 bridgehead atoms. The van der Waals surface area contributed by atoms with Crippen molar-refractivity contribution in [3.8, 4) is 0 Å². The van der Waals surface area contributed by atoms with Crippen LogP contribution in [0, 0.1) is 5.41 Å². The summed E-state index contributed by atoms with van der Waals surface area (Å²) >= 11 is 0. The van der Waals surface area contributed by atoms with Crippen molar-refractivity contribution in [2.45, 2.75) is 105 Å². The standard InChI is InChI=1S/C40H53N2/c1-10-27-41-33-21-14-12-19-31(33)39(6,7)35(41)25-23-29-17-16-18-30(37(29)38(3,4)5)24-26-36-40(8,9)32-20-13-15-22-34(32)42(36)28-11-2/h12-15,19-26H,10-11,16-18,27-28H2,1-9H3/q+1. The minimum absolute atomic E-state index is 0.00568. The predicted molar refractivity (Wildman–Crippen MR) is 182 cm³/mol. The maximum absolute atomic E-state index is 2.56. The zero-order valence-corrected chi connectivity index (χ0v) is 27.8. The minimum atomic E-state index is -0.00568. The molecule has 5 rings (SSSR count). The van der Waals surface area contributed by atoms with Crippen LogP contribution in [0.2, 0.25) is 0 Å². The number of hydrogen-bond donors (Lipinski definition) is 0. The fraction of sp³-hybridized carbons (Fsp3) is 0.475. The van der Waals surface area contributed by atoms with Crippen LogP contribution in [-0.4, -0.2) is 23.4 Å². The second-order valence-corrected chi connectivity index (χ2v) is 14.6. The molecule has 3 aliphatic rings. The van der Waals surface area contributed by atoms with Gasteiger partial charge in [-0.3, -0.25) is 0 Å². The van der Waals surface area contributed by atoms with E-state index in [9.17, 15) is 0 Å². The summed E-state index contributed by atoms with van der Waals surface area (Å²) in [5.41, 5.74) is 13.1. The molecule has 42 heavy (non-hydrogen) atoms. The highest BCUT2D eigenvalue weighted by Crippen LogP contribution is 2.48. The van der Waals surface area contributed by atoms with E-state index >= 15 is 0 Å². The Morgan fingerprint density at radius 3 is 2.19 bits per heavy atom. The summed E-state index contributed by atoms with van der Waals surface area (Å²) in [4.78, 5) is 2.56. The fourth-order valence-electron chi connectivity index (χ4n) is 7.79.